The number of aromatic nitrogens is 1. The standard InChI is InChI=1S/C14H19NO5/c1-2-18-14(17)12-9-11(20-15-12)6-4-3-5-10-7-8-13(16)19-10/h9-10H,2-8H2,1H3. The quantitative estimate of drug-likeness (QED) is 0.563. The second-order valence-electron chi connectivity index (χ2n) is 4.80. The molecule has 2 rings (SSSR count). The number of rotatable bonds is 7. The van der Waals surface area contributed by atoms with Crippen molar-refractivity contribution >= 4 is 11.9 Å². The predicted octanol–water partition coefficient (Wildman–Crippen LogP) is 2.27. The van der Waals surface area contributed by atoms with E-state index in [0.29, 0.717) is 25.2 Å². The Labute approximate surface area is 117 Å². The van der Waals surface area contributed by atoms with Crippen LogP contribution in [0.5, 0.6) is 0 Å². The van der Waals surface area contributed by atoms with E-state index in [1.807, 2.05) is 0 Å². The van der Waals surface area contributed by atoms with Gasteiger partial charge in [-0.05, 0) is 32.6 Å². The van der Waals surface area contributed by atoms with Crippen LogP contribution >= 0.6 is 0 Å². The van der Waals surface area contributed by atoms with Gasteiger partial charge in [0.1, 0.15) is 11.9 Å². The van der Waals surface area contributed by atoms with Crippen molar-refractivity contribution in [3.05, 3.63) is 17.5 Å². The molecule has 0 amide bonds. The van der Waals surface area contributed by atoms with Crippen molar-refractivity contribution in [1.29, 1.82) is 0 Å². The molecule has 6 heteroatoms. The van der Waals surface area contributed by atoms with E-state index in [1.54, 1.807) is 13.0 Å². The Morgan fingerprint density at radius 3 is 3.05 bits per heavy atom. The zero-order chi connectivity index (χ0) is 14.4. The number of hydrogen-bond acceptors (Lipinski definition) is 6. The minimum Gasteiger partial charge on any atom is -0.462 e. The number of cyclic esters (lactones) is 1. The Balaban J connectivity index is 1.66. The Morgan fingerprint density at radius 2 is 2.35 bits per heavy atom. The van der Waals surface area contributed by atoms with Gasteiger partial charge >= 0.3 is 11.9 Å². The molecule has 0 saturated carbocycles. The first-order chi connectivity index (χ1) is 9.69. The summed E-state index contributed by atoms with van der Waals surface area (Å²) >= 11 is 0. The summed E-state index contributed by atoms with van der Waals surface area (Å²) < 4.78 is 15.1. The topological polar surface area (TPSA) is 78.6 Å². The highest BCUT2D eigenvalue weighted by Gasteiger charge is 2.22. The van der Waals surface area contributed by atoms with Crippen LogP contribution in [-0.4, -0.2) is 29.8 Å². The molecule has 0 bridgehead atoms. The zero-order valence-corrected chi connectivity index (χ0v) is 11.6. The van der Waals surface area contributed by atoms with E-state index in [0.717, 1.165) is 25.7 Å². The summed E-state index contributed by atoms with van der Waals surface area (Å²) in [7, 11) is 0. The van der Waals surface area contributed by atoms with Crippen molar-refractivity contribution in [2.24, 2.45) is 0 Å². The maximum absolute atomic E-state index is 11.4. The highest BCUT2D eigenvalue weighted by atomic mass is 16.5. The molecule has 1 aromatic heterocycles. The van der Waals surface area contributed by atoms with Gasteiger partial charge in [-0.1, -0.05) is 5.16 Å². The minimum atomic E-state index is -0.458. The summed E-state index contributed by atoms with van der Waals surface area (Å²) in [6, 6.07) is 1.62. The zero-order valence-electron chi connectivity index (χ0n) is 11.6. The van der Waals surface area contributed by atoms with E-state index in [-0.39, 0.29) is 17.8 Å². The summed E-state index contributed by atoms with van der Waals surface area (Å²) in [5.41, 5.74) is 0.214. The van der Waals surface area contributed by atoms with Crippen molar-refractivity contribution < 1.29 is 23.6 Å². The average Bonchev–Trinajstić information content (AvgIpc) is 3.04. The second-order valence-corrected chi connectivity index (χ2v) is 4.80. The molecule has 0 aromatic carbocycles. The summed E-state index contributed by atoms with van der Waals surface area (Å²) in [6.45, 7) is 2.07. The molecule has 0 N–H and O–H groups in total. The van der Waals surface area contributed by atoms with Gasteiger partial charge in [0.2, 0.25) is 0 Å². The highest BCUT2D eigenvalue weighted by molar-refractivity contribution is 5.87. The molecule has 110 valence electrons. The number of unbranched alkanes of at least 4 members (excludes halogenated alkanes) is 1. The first-order valence-electron chi connectivity index (χ1n) is 7.01. The van der Waals surface area contributed by atoms with E-state index in [9.17, 15) is 9.59 Å². The number of esters is 2. The molecule has 1 unspecified atom stereocenters. The van der Waals surface area contributed by atoms with E-state index in [4.69, 9.17) is 14.0 Å². The molecule has 1 aromatic rings. The van der Waals surface area contributed by atoms with Crippen molar-refractivity contribution in [2.75, 3.05) is 6.61 Å². The first kappa shape index (κ1) is 14.6. The number of ether oxygens (including phenoxy) is 2. The largest absolute Gasteiger partial charge is 0.462 e. The Hall–Kier alpha value is -1.85. The van der Waals surface area contributed by atoms with Crippen LogP contribution in [-0.2, 0) is 20.7 Å². The van der Waals surface area contributed by atoms with Crippen molar-refractivity contribution in [3.63, 3.8) is 0 Å². The van der Waals surface area contributed by atoms with E-state index < -0.39 is 5.97 Å². The van der Waals surface area contributed by atoms with Gasteiger partial charge in [-0.3, -0.25) is 4.79 Å². The van der Waals surface area contributed by atoms with Gasteiger partial charge in [-0.25, -0.2) is 4.79 Å². The van der Waals surface area contributed by atoms with Gasteiger partial charge in [0, 0.05) is 18.9 Å². The van der Waals surface area contributed by atoms with Crippen LogP contribution in [0.4, 0.5) is 0 Å². The van der Waals surface area contributed by atoms with Gasteiger partial charge in [0.25, 0.3) is 0 Å². The van der Waals surface area contributed by atoms with Crippen LogP contribution in [0.3, 0.4) is 0 Å². The third-order valence-corrected chi connectivity index (χ3v) is 3.21. The van der Waals surface area contributed by atoms with Crippen LogP contribution < -0.4 is 0 Å². The molecule has 0 radical (unpaired) electrons. The number of carbonyl (C=O) groups is 2. The Bertz CT molecular complexity index is 468. The lowest BCUT2D eigenvalue weighted by Gasteiger charge is -2.07. The van der Waals surface area contributed by atoms with Crippen molar-refractivity contribution in [1.82, 2.24) is 5.16 Å². The molecular weight excluding hydrogens is 262 g/mol. The van der Waals surface area contributed by atoms with Gasteiger partial charge in [-0.15, -0.1) is 0 Å². The fourth-order valence-corrected chi connectivity index (χ4v) is 2.19. The number of carbonyl (C=O) groups excluding carboxylic acids is 2. The summed E-state index contributed by atoms with van der Waals surface area (Å²) in [5, 5.41) is 3.68. The SMILES string of the molecule is CCOC(=O)c1cc(CCCCC2CCC(=O)O2)on1. The molecule has 6 nitrogen and oxygen atoms in total. The number of nitrogens with zero attached hydrogens (tertiary/aromatic N) is 1. The van der Waals surface area contributed by atoms with Crippen LogP contribution in [0.2, 0.25) is 0 Å². The highest BCUT2D eigenvalue weighted by Crippen LogP contribution is 2.19. The lowest BCUT2D eigenvalue weighted by Crippen LogP contribution is -2.06. The molecule has 1 aliphatic rings. The van der Waals surface area contributed by atoms with Crippen LogP contribution in [0.25, 0.3) is 0 Å². The third-order valence-electron chi connectivity index (χ3n) is 3.21. The molecular formula is C14H19NO5. The van der Waals surface area contributed by atoms with E-state index in [2.05, 4.69) is 5.16 Å². The Morgan fingerprint density at radius 1 is 1.50 bits per heavy atom. The fourth-order valence-electron chi connectivity index (χ4n) is 2.19. The molecule has 0 aliphatic carbocycles. The lowest BCUT2D eigenvalue weighted by molar-refractivity contribution is -0.141. The average molecular weight is 281 g/mol. The van der Waals surface area contributed by atoms with Crippen molar-refractivity contribution in [3.8, 4) is 0 Å². The molecule has 1 saturated heterocycles. The summed E-state index contributed by atoms with van der Waals surface area (Å²) in [6.07, 6.45) is 4.90. The molecule has 1 aliphatic heterocycles. The van der Waals surface area contributed by atoms with E-state index >= 15 is 0 Å². The molecule has 1 fully saturated rings. The number of aryl methyl sites for hydroxylation is 1. The Kier molecular flexibility index (Phi) is 5.15. The lowest BCUT2D eigenvalue weighted by atomic mass is 10.1. The van der Waals surface area contributed by atoms with Gasteiger partial charge in [-0.2, -0.15) is 0 Å². The van der Waals surface area contributed by atoms with Gasteiger partial charge < -0.3 is 14.0 Å². The van der Waals surface area contributed by atoms with Crippen LogP contribution in [0.15, 0.2) is 10.6 Å². The molecule has 20 heavy (non-hydrogen) atoms. The van der Waals surface area contributed by atoms with Crippen molar-refractivity contribution in [2.45, 2.75) is 51.6 Å². The maximum Gasteiger partial charge on any atom is 0.360 e. The second kappa shape index (κ2) is 7.07. The molecule has 1 atom stereocenters. The van der Waals surface area contributed by atoms with Crippen LogP contribution in [0.1, 0.15) is 55.3 Å². The van der Waals surface area contributed by atoms with Gasteiger partial charge in [0.05, 0.1) is 6.61 Å². The summed E-state index contributed by atoms with van der Waals surface area (Å²) in [4.78, 5) is 22.3. The van der Waals surface area contributed by atoms with E-state index in [1.165, 1.54) is 0 Å². The van der Waals surface area contributed by atoms with Crippen LogP contribution in [0, 0.1) is 0 Å². The smallest absolute Gasteiger partial charge is 0.360 e. The molecule has 2 heterocycles. The monoisotopic (exact) mass is 281 g/mol. The predicted molar refractivity (Wildman–Crippen MR) is 69.1 cm³/mol. The van der Waals surface area contributed by atoms with Gasteiger partial charge in [0.15, 0.2) is 5.69 Å². The third kappa shape index (κ3) is 4.08. The minimum absolute atomic E-state index is 0.0762. The fraction of sp³-hybridized carbons (Fsp3) is 0.643. The summed E-state index contributed by atoms with van der Waals surface area (Å²) in [5.74, 6) is 0.126. The first-order valence-corrected chi connectivity index (χ1v) is 7.01. The number of hydrogen-bond donors (Lipinski definition) is 0. The molecule has 0 spiro atoms. The normalized spacial score (nSPS) is 18.1. The maximum atomic E-state index is 11.4.